The maximum Gasteiger partial charge on any atom is 0.143 e. The van der Waals surface area contributed by atoms with Gasteiger partial charge in [-0.1, -0.05) is 41.4 Å². The van der Waals surface area contributed by atoms with E-state index in [-0.39, 0.29) is 0 Å². The third-order valence-electron chi connectivity index (χ3n) is 2.65. The van der Waals surface area contributed by atoms with E-state index in [1.807, 2.05) is 13.1 Å². The molecule has 0 spiro atoms. The van der Waals surface area contributed by atoms with Gasteiger partial charge in [0.05, 0.1) is 9.50 Å². The Morgan fingerprint density at radius 3 is 2.78 bits per heavy atom. The molecule has 0 bridgehead atoms. The maximum atomic E-state index is 5.89. The fourth-order valence-electron chi connectivity index (χ4n) is 1.85. The SMILES string of the molecule is Cc1cccc(CN(C)c2ncc(Cl)cc2Br)c1. The highest BCUT2D eigenvalue weighted by molar-refractivity contribution is 9.10. The van der Waals surface area contributed by atoms with Gasteiger partial charge in [-0.05, 0) is 34.5 Å². The Bertz CT molecular complexity index is 557. The van der Waals surface area contributed by atoms with Crippen LogP contribution >= 0.6 is 27.5 Å². The minimum Gasteiger partial charge on any atom is -0.354 e. The van der Waals surface area contributed by atoms with Crippen LogP contribution in [0.25, 0.3) is 0 Å². The van der Waals surface area contributed by atoms with E-state index < -0.39 is 0 Å². The molecule has 2 rings (SSSR count). The van der Waals surface area contributed by atoms with Crippen molar-refractivity contribution in [2.75, 3.05) is 11.9 Å². The molecule has 0 aliphatic carbocycles. The molecule has 1 heterocycles. The number of rotatable bonds is 3. The van der Waals surface area contributed by atoms with Crippen molar-refractivity contribution in [1.29, 1.82) is 0 Å². The molecule has 4 heteroatoms. The highest BCUT2D eigenvalue weighted by Gasteiger charge is 2.08. The maximum absolute atomic E-state index is 5.89. The Kier molecular flexibility index (Phi) is 4.25. The molecular weight excluding hydrogens is 312 g/mol. The highest BCUT2D eigenvalue weighted by atomic mass is 79.9. The van der Waals surface area contributed by atoms with E-state index in [2.05, 4.69) is 57.0 Å². The van der Waals surface area contributed by atoms with Gasteiger partial charge < -0.3 is 4.90 Å². The first kappa shape index (κ1) is 13.4. The number of aromatic nitrogens is 1. The molecule has 0 fully saturated rings. The molecule has 18 heavy (non-hydrogen) atoms. The Morgan fingerprint density at radius 2 is 2.11 bits per heavy atom. The number of hydrogen-bond acceptors (Lipinski definition) is 2. The summed E-state index contributed by atoms with van der Waals surface area (Å²) in [4.78, 5) is 6.44. The van der Waals surface area contributed by atoms with Gasteiger partial charge in [0.2, 0.25) is 0 Å². The largest absolute Gasteiger partial charge is 0.354 e. The fourth-order valence-corrected chi connectivity index (χ4v) is 2.79. The van der Waals surface area contributed by atoms with Crippen LogP contribution in [0.5, 0.6) is 0 Å². The average molecular weight is 326 g/mol. The first-order valence-corrected chi connectivity index (χ1v) is 6.81. The average Bonchev–Trinajstić information content (AvgIpc) is 2.28. The summed E-state index contributed by atoms with van der Waals surface area (Å²) in [5.74, 6) is 0.890. The van der Waals surface area contributed by atoms with Gasteiger partial charge >= 0.3 is 0 Å². The van der Waals surface area contributed by atoms with Gasteiger partial charge in [0, 0.05) is 19.8 Å². The molecule has 0 unspecified atom stereocenters. The van der Waals surface area contributed by atoms with E-state index in [0.29, 0.717) is 5.02 Å². The summed E-state index contributed by atoms with van der Waals surface area (Å²) in [6.07, 6.45) is 1.66. The van der Waals surface area contributed by atoms with E-state index in [4.69, 9.17) is 11.6 Å². The smallest absolute Gasteiger partial charge is 0.143 e. The van der Waals surface area contributed by atoms with Crippen molar-refractivity contribution < 1.29 is 0 Å². The highest BCUT2D eigenvalue weighted by Crippen LogP contribution is 2.26. The molecule has 0 N–H and O–H groups in total. The van der Waals surface area contributed by atoms with Gasteiger partial charge in [-0.3, -0.25) is 0 Å². The van der Waals surface area contributed by atoms with E-state index in [1.54, 1.807) is 6.20 Å². The minimum absolute atomic E-state index is 0.634. The van der Waals surface area contributed by atoms with Crippen molar-refractivity contribution in [3.63, 3.8) is 0 Å². The Labute approximate surface area is 121 Å². The van der Waals surface area contributed by atoms with Gasteiger partial charge in [0.1, 0.15) is 5.82 Å². The molecule has 0 atom stereocenters. The lowest BCUT2D eigenvalue weighted by atomic mass is 10.1. The molecule has 0 aliphatic rings. The van der Waals surface area contributed by atoms with Crippen LogP contribution in [0.2, 0.25) is 5.02 Å². The van der Waals surface area contributed by atoms with Crippen LogP contribution in [0, 0.1) is 6.92 Å². The normalized spacial score (nSPS) is 10.4. The van der Waals surface area contributed by atoms with Crippen LogP contribution in [0.1, 0.15) is 11.1 Å². The summed E-state index contributed by atoms with van der Waals surface area (Å²) in [5.41, 5.74) is 2.53. The Hall–Kier alpha value is -1.06. The van der Waals surface area contributed by atoms with Gasteiger partial charge in [-0.15, -0.1) is 0 Å². The predicted octanol–water partition coefficient (Wildman–Crippen LogP) is 4.44. The third kappa shape index (κ3) is 3.24. The number of aryl methyl sites for hydroxylation is 1. The summed E-state index contributed by atoms with van der Waals surface area (Å²) < 4.78 is 0.908. The standard InChI is InChI=1S/C14H14BrClN2/c1-10-4-3-5-11(6-10)9-18(2)14-13(15)7-12(16)8-17-14/h3-8H,9H2,1-2H3. The quantitative estimate of drug-likeness (QED) is 0.829. The molecular formula is C14H14BrClN2. The number of anilines is 1. The molecule has 1 aromatic carbocycles. The van der Waals surface area contributed by atoms with Crippen LogP contribution in [0.15, 0.2) is 41.0 Å². The van der Waals surface area contributed by atoms with E-state index in [0.717, 1.165) is 16.8 Å². The number of pyridine rings is 1. The second kappa shape index (κ2) is 5.72. The number of hydrogen-bond donors (Lipinski definition) is 0. The lowest BCUT2D eigenvalue weighted by molar-refractivity contribution is 0.893. The van der Waals surface area contributed by atoms with Gasteiger partial charge in [-0.2, -0.15) is 0 Å². The van der Waals surface area contributed by atoms with Crippen molar-refractivity contribution in [1.82, 2.24) is 4.98 Å². The zero-order chi connectivity index (χ0) is 13.1. The van der Waals surface area contributed by atoms with Crippen molar-refractivity contribution in [2.24, 2.45) is 0 Å². The van der Waals surface area contributed by atoms with Gasteiger partial charge in [0.15, 0.2) is 0 Å². The van der Waals surface area contributed by atoms with Gasteiger partial charge in [-0.25, -0.2) is 4.98 Å². The molecule has 0 radical (unpaired) electrons. The summed E-state index contributed by atoms with van der Waals surface area (Å²) in [5, 5.41) is 0.634. The Morgan fingerprint density at radius 1 is 1.33 bits per heavy atom. The molecule has 0 saturated heterocycles. The third-order valence-corrected chi connectivity index (χ3v) is 3.44. The molecule has 0 amide bonds. The van der Waals surface area contributed by atoms with Crippen molar-refractivity contribution in [3.8, 4) is 0 Å². The minimum atomic E-state index is 0.634. The Balaban J connectivity index is 2.19. The summed E-state index contributed by atoms with van der Waals surface area (Å²) >= 11 is 9.38. The van der Waals surface area contributed by atoms with Crippen LogP contribution < -0.4 is 4.90 Å². The summed E-state index contributed by atoms with van der Waals surface area (Å²) in [7, 11) is 2.02. The first-order valence-electron chi connectivity index (χ1n) is 5.64. The predicted molar refractivity (Wildman–Crippen MR) is 80.2 cm³/mol. The monoisotopic (exact) mass is 324 g/mol. The zero-order valence-electron chi connectivity index (χ0n) is 10.3. The van der Waals surface area contributed by atoms with Crippen LogP contribution in [0.3, 0.4) is 0 Å². The van der Waals surface area contributed by atoms with Crippen molar-refractivity contribution in [3.05, 3.63) is 57.2 Å². The number of benzene rings is 1. The van der Waals surface area contributed by atoms with Crippen molar-refractivity contribution in [2.45, 2.75) is 13.5 Å². The van der Waals surface area contributed by atoms with E-state index >= 15 is 0 Å². The molecule has 0 saturated carbocycles. The second-order valence-corrected chi connectivity index (χ2v) is 5.59. The molecule has 0 aliphatic heterocycles. The van der Waals surface area contributed by atoms with E-state index in [9.17, 15) is 0 Å². The summed E-state index contributed by atoms with van der Waals surface area (Å²) in [6, 6.07) is 10.3. The second-order valence-electron chi connectivity index (χ2n) is 4.30. The van der Waals surface area contributed by atoms with E-state index in [1.165, 1.54) is 11.1 Å². The van der Waals surface area contributed by atoms with Crippen LogP contribution in [0.4, 0.5) is 5.82 Å². The lowest BCUT2D eigenvalue weighted by Crippen LogP contribution is -2.18. The molecule has 2 aromatic rings. The van der Waals surface area contributed by atoms with Gasteiger partial charge in [0.25, 0.3) is 0 Å². The van der Waals surface area contributed by atoms with Crippen molar-refractivity contribution >= 4 is 33.3 Å². The number of halogens is 2. The molecule has 2 nitrogen and oxygen atoms in total. The first-order chi connectivity index (χ1) is 8.56. The van der Waals surface area contributed by atoms with Crippen LogP contribution in [-0.2, 0) is 6.54 Å². The zero-order valence-corrected chi connectivity index (χ0v) is 12.7. The topological polar surface area (TPSA) is 16.1 Å². The summed E-state index contributed by atoms with van der Waals surface area (Å²) in [6.45, 7) is 2.91. The lowest BCUT2D eigenvalue weighted by Gasteiger charge is -2.19. The number of nitrogens with zero attached hydrogens (tertiary/aromatic N) is 2. The fraction of sp³-hybridized carbons (Fsp3) is 0.214. The molecule has 1 aromatic heterocycles. The molecule has 94 valence electrons. The van der Waals surface area contributed by atoms with Crippen LogP contribution in [-0.4, -0.2) is 12.0 Å².